The van der Waals surface area contributed by atoms with E-state index in [2.05, 4.69) is 36.2 Å². The summed E-state index contributed by atoms with van der Waals surface area (Å²) in [7, 11) is 0. The zero-order valence-electron chi connectivity index (χ0n) is 12.6. The van der Waals surface area contributed by atoms with Crippen LogP contribution in [0.25, 0.3) is 0 Å². The highest BCUT2D eigenvalue weighted by molar-refractivity contribution is 5.32. The van der Waals surface area contributed by atoms with Crippen LogP contribution in [0, 0.1) is 17.2 Å². The number of hydrogen-bond acceptors (Lipinski definition) is 3. The molecule has 1 heterocycles. The zero-order chi connectivity index (χ0) is 14.4. The number of hydrogen-bond donors (Lipinski definition) is 1. The molecule has 3 nitrogen and oxygen atoms in total. The highest BCUT2D eigenvalue weighted by Gasteiger charge is 2.18. The summed E-state index contributed by atoms with van der Waals surface area (Å²) in [5, 5.41) is 12.5. The van der Waals surface area contributed by atoms with E-state index in [9.17, 15) is 0 Å². The molecular weight excluding hydrogens is 246 g/mol. The Hall–Kier alpha value is -1.37. The molecule has 1 aliphatic heterocycles. The van der Waals surface area contributed by atoms with Crippen LogP contribution >= 0.6 is 0 Å². The molecule has 0 aliphatic carbocycles. The monoisotopic (exact) mass is 271 g/mol. The van der Waals surface area contributed by atoms with Gasteiger partial charge in [0.2, 0.25) is 0 Å². The molecule has 0 saturated carbocycles. The SMILES string of the molecule is CC(C)CN1CCC(NCc2cccc(C#N)c2)CC1. The normalized spacial score (nSPS) is 17.3. The second kappa shape index (κ2) is 7.42. The van der Waals surface area contributed by atoms with Crippen molar-refractivity contribution in [2.24, 2.45) is 5.92 Å². The predicted octanol–water partition coefficient (Wildman–Crippen LogP) is 2.77. The van der Waals surface area contributed by atoms with E-state index in [4.69, 9.17) is 5.26 Å². The second-order valence-corrected chi connectivity index (χ2v) is 6.16. The lowest BCUT2D eigenvalue weighted by atomic mass is 10.0. The third-order valence-corrected chi connectivity index (χ3v) is 3.86. The van der Waals surface area contributed by atoms with Gasteiger partial charge in [-0.15, -0.1) is 0 Å². The number of likely N-dealkylation sites (tertiary alicyclic amines) is 1. The van der Waals surface area contributed by atoms with Gasteiger partial charge in [-0.2, -0.15) is 5.26 Å². The molecule has 0 radical (unpaired) electrons. The molecule has 1 saturated heterocycles. The highest BCUT2D eigenvalue weighted by atomic mass is 15.1. The summed E-state index contributed by atoms with van der Waals surface area (Å²) in [6.45, 7) is 9.06. The molecule has 1 N–H and O–H groups in total. The van der Waals surface area contributed by atoms with Crippen LogP contribution in [0.3, 0.4) is 0 Å². The average Bonchev–Trinajstić information content (AvgIpc) is 2.46. The second-order valence-electron chi connectivity index (χ2n) is 6.16. The minimum absolute atomic E-state index is 0.615. The van der Waals surface area contributed by atoms with Gasteiger partial charge in [0.15, 0.2) is 0 Å². The van der Waals surface area contributed by atoms with Crippen LogP contribution in [-0.4, -0.2) is 30.6 Å². The molecular formula is C17H25N3. The molecule has 2 rings (SSSR count). The maximum Gasteiger partial charge on any atom is 0.0991 e. The molecule has 0 unspecified atom stereocenters. The van der Waals surface area contributed by atoms with E-state index in [0.29, 0.717) is 6.04 Å². The number of rotatable bonds is 5. The van der Waals surface area contributed by atoms with Gasteiger partial charge in [0.1, 0.15) is 0 Å². The van der Waals surface area contributed by atoms with Gasteiger partial charge in [-0.05, 0) is 49.5 Å². The fourth-order valence-corrected chi connectivity index (χ4v) is 2.85. The standard InChI is InChI=1S/C17H25N3/c1-14(2)13-20-8-6-17(7-9-20)19-12-16-5-3-4-15(10-16)11-18/h3-5,10,14,17,19H,6-9,12-13H2,1-2H3. The lowest BCUT2D eigenvalue weighted by molar-refractivity contribution is 0.179. The lowest BCUT2D eigenvalue weighted by Crippen LogP contribution is -2.43. The van der Waals surface area contributed by atoms with E-state index in [1.165, 1.54) is 38.0 Å². The molecule has 3 heteroatoms. The Kier molecular flexibility index (Phi) is 5.58. The number of nitrogens with zero attached hydrogens (tertiary/aromatic N) is 2. The Balaban J connectivity index is 1.74. The summed E-state index contributed by atoms with van der Waals surface area (Å²) in [5.41, 5.74) is 1.95. The lowest BCUT2D eigenvalue weighted by Gasteiger charge is -2.33. The van der Waals surface area contributed by atoms with Crippen LogP contribution in [0.5, 0.6) is 0 Å². The Morgan fingerprint density at radius 1 is 1.35 bits per heavy atom. The maximum atomic E-state index is 8.90. The molecule has 0 aromatic heterocycles. The summed E-state index contributed by atoms with van der Waals surface area (Å²) >= 11 is 0. The van der Waals surface area contributed by atoms with Gasteiger partial charge >= 0.3 is 0 Å². The van der Waals surface area contributed by atoms with Crippen LogP contribution < -0.4 is 5.32 Å². The summed E-state index contributed by atoms with van der Waals surface area (Å²) in [6, 6.07) is 10.7. The third kappa shape index (κ3) is 4.63. The van der Waals surface area contributed by atoms with Gasteiger partial charge in [0, 0.05) is 19.1 Å². The summed E-state index contributed by atoms with van der Waals surface area (Å²) in [4.78, 5) is 2.57. The van der Waals surface area contributed by atoms with Crippen molar-refractivity contribution in [1.29, 1.82) is 5.26 Å². The van der Waals surface area contributed by atoms with Gasteiger partial charge < -0.3 is 10.2 Å². The van der Waals surface area contributed by atoms with Crippen molar-refractivity contribution in [2.45, 2.75) is 39.3 Å². The first-order valence-corrected chi connectivity index (χ1v) is 7.62. The van der Waals surface area contributed by atoms with Crippen molar-refractivity contribution in [2.75, 3.05) is 19.6 Å². The molecule has 1 fully saturated rings. The van der Waals surface area contributed by atoms with Gasteiger partial charge in [-0.3, -0.25) is 0 Å². The molecule has 1 aromatic carbocycles. The molecule has 108 valence electrons. The topological polar surface area (TPSA) is 39.1 Å². The zero-order valence-corrected chi connectivity index (χ0v) is 12.6. The molecule has 0 spiro atoms. The number of nitriles is 1. The summed E-state index contributed by atoms with van der Waals surface area (Å²) in [5.74, 6) is 0.758. The van der Waals surface area contributed by atoms with Crippen molar-refractivity contribution in [1.82, 2.24) is 10.2 Å². The number of nitrogens with one attached hydrogen (secondary N) is 1. The van der Waals surface area contributed by atoms with Gasteiger partial charge in [0.05, 0.1) is 11.6 Å². The van der Waals surface area contributed by atoms with Crippen LogP contribution in [-0.2, 0) is 6.54 Å². The Morgan fingerprint density at radius 2 is 2.10 bits per heavy atom. The predicted molar refractivity (Wildman–Crippen MR) is 82.3 cm³/mol. The summed E-state index contributed by atoms with van der Waals surface area (Å²) in [6.07, 6.45) is 2.45. The van der Waals surface area contributed by atoms with Crippen molar-refractivity contribution < 1.29 is 0 Å². The minimum atomic E-state index is 0.615. The smallest absolute Gasteiger partial charge is 0.0991 e. The van der Waals surface area contributed by atoms with Gasteiger partial charge in [-0.1, -0.05) is 26.0 Å². The average molecular weight is 271 g/mol. The van der Waals surface area contributed by atoms with Crippen molar-refractivity contribution in [3.8, 4) is 6.07 Å². The van der Waals surface area contributed by atoms with Gasteiger partial charge in [0.25, 0.3) is 0 Å². The molecule has 1 aliphatic rings. The van der Waals surface area contributed by atoms with E-state index >= 15 is 0 Å². The van der Waals surface area contributed by atoms with Gasteiger partial charge in [-0.25, -0.2) is 0 Å². The van der Waals surface area contributed by atoms with E-state index in [0.717, 1.165) is 18.0 Å². The van der Waals surface area contributed by atoms with Crippen molar-refractivity contribution in [3.05, 3.63) is 35.4 Å². The minimum Gasteiger partial charge on any atom is -0.310 e. The Bertz CT molecular complexity index is 454. The molecule has 0 amide bonds. The molecule has 1 aromatic rings. The quantitative estimate of drug-likeness (QED) is 0.895. The van der Waals surface area contributed by atoms with Crippen LogP contribution in [0.1, 0.15) is 37.8 Å². The Morgan fingerprint density at radius 3 is 2.75 bits per heavy atom. The fourth-order valence-electron chi connectivity index (χ4n) is 2.85. The number of piperidine rings is 1. The largest absolute Gasteiger partial charge is 0.310 e. The first-order chi connectivity index (χ1) is 9.67. The van der Waals surface area contributed by atoms with Crippen LogP contribution in [0.2, 0.25) is 0 Å². The van der Waals surface area contributed by atoms with E-state index < -0.39 is 0 Å². The van der Waals surface area contributed by atoms with E-state index in [1.807, 2.05) is 18.2 Å². The van der Waals surface area contributed by atoms with Crippen LogP contribution in [0.4, 0.5) is 0 Å². The molecule has 20 heavy (non-hydrogen) atoms. The molecule has 0 atom stereocenters. The fraction of sp³-hybridized carbons (Fsp3) is 0.588. The Labute approximate surface area is 122 Å². The van der Waals surface area contributed by atoms with E-state index in [-0.39, 0.29) is 0 Å². The maximum absolute atomic E-state index is 8.90. The first kappa shape index (κ1) is 15.0. The first-order valence-electron chi connectivity index (χ1n) is 7.62. The molecule has 0 bridgehead atoms. The summed E-state index contributed by atoms with van der Waals surface area (Å²) < 4.78 is 0. The van der Waals surface area contributed by atoms with Crippen LogP contribution in [0.15, 0.2) is 24.3 Å². The highest BCUT2D eigenvalue weighted by Crippen LogP contribution is 2.13. The number of benzene rings is 1. The van der Waals surface area contributed by atoms with Crippen molar-refractivity contribution in [3.63, 3.8) is 0 Å². The van der Waals surface area contributed by atoms with Crippen molar-refractivity contribution >= 4 is 0 Å². The van der Waals surface area contributed by atoms with E-state index in [1.54, 1.807) is 0 Å². The third-order valence-electron chi connectivity index (χ3n) is 3.86.